The van der Waals surface area contributed by atoms with Crippen LogP contribution >= 0.6 is 0 Å². The Morgan fingerprint density at radius 2 is 2.06 bits per heavy atom. The van der Waals surface area contributed by atoms with Crippen molar-refractivity contribution in [2.45, 2.75) is 38.2 Å². The van der Waals surface area contributed by atoms with Crippen molar-refractivity contribution < 1.29 is 19.0 Å². The van der Waals surface area contributed by atoms with Crippen molar-refractivity contribution in [3.63, 3.8) is 0 Å². The number of allylic oxidation sites excluding steroid dienone is 1. The van der Waals surface area contributed by atoms with Crippen LogP contribution in [0.15, 0.2) is 48.5 Å². The van der Waals surface area contributed by atoms with Crippen molar-refractivity contribution in [1.82, 2.24) is 4.90 Å². The first kappa shape index (κ1) is 22.7. The molecule has 2 aliphatic rings. The maximum absolute atomic E-state index is 12.4. The summed E-state index contributed by atoms with van der Waals surface area (Å²) in [6.07, 6.45) is 6.23. The van der Waals surface area contributed by atoms with E-state index in [9.17, 15) is 14.3 Å². The average molecular weight is 438 g/mol. The highest BCUT2D eigenvalue weighted by Gasteiger charge is 2.29. The zero-order valence-corrected chi connectivity index (χ0v) is 18.7. The number of carbonyl (C=O) groups is 1. The highest BCUT2D eigenvalue weighted by Crippen LogP contribution is 2.34. The molecular formula is C27H32FNO3. The first-order valence-corrected chi connectivity index (χ1v) is 11.6. The van der Waals surface area contributed by atoms with Gasteiger partial charge in [-0.05, 0) is 78.6 Å². The summed E-state index contributed by atoms with van der Waals surface area (Å²) in [6.45, 7) is 2.24. The number of nitrogens with zero attached hydrogens (tertiary/aromatic N) is 1. The molecule has 1 heterocycles. The van der Waals surface area contributed by atoms with Gasteiger partial charge in [-0.25, -0.2) is 4.79 Å². The third-order valence-corrected chi connectivity index (χ3v) is 6.74. The standard InChI is InChI=1S/C27H32FNO3/c1-32-27(31)22-11-12-25-21(17-22)5-2-3-6-24(25)19-7-9-20(10-8-19)26(30)23-13-16-29(18-23)15-4-14-28/h6-12,17,23,26,30H,2-5,13-16,18H2,1H3. The van der Waals surface area contributed by atoms with Crippen LogP contribution in [0.1, 0.15) is 64.4 Å². The van der Waals surface area contributed by atoms with Gasteiger partial charge in [-0.2, -0.15) is 0 Å². The van der Waals surface area contributed by atoms with Crippen molar-refractivity contribution in [1.29, 1.82) is 0 Å². The summed E-state index contributed by atoms with van der Waals surface area (Å²) >= 11 is 0. The molecule has 0 bridgehead atoms. The number of aryl methyl sites for hydroxylation is 1. The molecule has 0 aromatic heterocycles. The molecule has 1 N–H and O–H groups in total. The first-order chi connectivity index (χ1) is 15.6. The van der Waals surface area contributed by atoms with Gasteiger partial charge in [0.15, 0.2) is 0 Å². The summed E-state index contributed by atoms with van der Waals surface area (Å²) in [5.41, 5.74) is 6.13. The van der Waals surface area contributed by atoms with Gasteiger partial charge in [0.05, 0.1) is 25.5 Å². The maximum Gasteiger partial charge on any atom is 0.337 e. The number of fused-ring (bicyclic) bond motifs is 1. The molecule has 2 unspecified atom stereocenters. The van der Waals surface area contributed by atoms with Crippen LogP contribution in [0.3, 0.4) is 0 Å². The number of hydrogen-bond donors (Lipinski definition) is 1. The number of alkyl halides is 1. The number of esters is 1. The van der Waals surface area contributed by atoms with Crippen LogP contribution in [-0.4, -0.2) is 49.4 Å². The van der Waals surface area contributed by atoms with Crippen molar-refractivity contribution in [2.24, 2.45) is 5.92 Å². The van der Waals surface area contributed by atoms with Crippen molar-refractivity contribution in [2.75, 3.05) is 33.4 Å². The van der Waals surface area contributed by atoms with Crippen molar-refractivity contribution in [3.8, 4) is 0 Å². The predicted octanol–water partition coefficient (Wildman–Crippen LogP) is 4.96. The Morgan fingerprint density at radius 3 is 2.81 bits per heavy atom. The van der Waals surface area contributed by atoms with E-state index in [1.165, 1.54) is 18.2 Å². The average Bonchev–Trinajstić information content (AvgIpc) is 3.21. The van der Waals surface area contributed by atoms with E-state index in [4.69, 9.17) is 4.74 Å². The third kappa shape index (κ3) is 4.94. The number of likely N-dealkylation sites (tertiary alicyclic amines) is 1. The van der Waals surface area contributed by atoms with Gasteiger partial charge in [-0.15, -0.1) is 0 Å². The molecule has 1 fully saturated rings. The molecule has 4 nitrogen and oxygen atoms in total. The molecule has 2 aromatic rings. The first-order valence-electron chi connectivity index (χ1n) is 11.6. The van der Waals surface area contributed by atoms with E-state index in [-0.39, 0.29) is 18.6 Å². The number of aliphatic hydroxyl groups excluding tert-OH is 1. The number of carbonyl (C=O) groups excluding carboxylic acids is 1. The smallest absolute Gasteiger partial charge is 0.337 e. The van der Waals surface area contributed by atoms with Gasteiger partial charge in [-0.1, -0.05) is 36.4 Å². The third-order valence-electron chi connectivity index (χ3n) is 6.74. The summed E-state index contributed by atoms with van der Waals surface area (Å²) in [6, 6.07) is 14.0. The molecule has 0 radical (unpaired) electrons. The Morgan fingerprint density at radius 1 is 1.25 bits per heavy atom. The molecule has 5 heteroatoms. The van der Waals surface area contributed by atoms with E-state index in [1.807, 2.05) is 30.3 Å². The Balaban J connectivity index is 1.51. The van der Waals surface area contributed by atoms with Crippen LogP contribution < -0.4 is 0 Å². The molecule has 0 spiro atoms. The lowest BCUT2D eigenvalue weighted by molar-refractivity contribution is 0.0600. The minimum Gasteiger partial charge on any atom is -0.465 e. The van der Waals surface area contributed by atoms with E-state index < -0.39 is 6.10 Å². The monoisotopic (exact) mass is 437 g/mol. The Labute approximate surface area is 189 Å². The summed E-state index contributed by atoms with van der Waals surface area (Å²) in [7, 11) is 1.41. The zero-order chi connectivity index (χ0) is 22.5. The maximum atomic E-state index is 12.4. The fourth-order valence-electron chi connectivity index (χ4n) is 4.97. The quantitative estimate of drug-likeness (QED) is 0.623. The second kappa shape index (κ2) is 10.4. The van der Waals surface area contributed by atoms with Gasteiger partial charge in [0.2, 0.25) is 0 Å². The fraction of sp³-hybridized carbons (Fsp3) is 0.444. The van der Waals surface area contributed by atoms with E-state index in [2.05, 4.69) is 23.1 Å². The molecule has 1 aliphatic carbocycles. The second-order valence-electron chi connectivity index (χ2n) is 8.83. The lowest BCUT2D eigenvalue weighted by Gasteiger charge is -2.20. The minimum atomic E-state index is -0.502. The summed E-state index contributed by atoms with van der Waals surface area (Å²) in [4.78, 5) is 14.2. The van der Waals surface area contributed by atoms with Crippen LogP contribution in [0.4, 0.5) is 4.39 Å². The zero-order valence-electron chi connectivity index (χ0n) is 18.7. The van der Waals surface area contributed by atoms with Crippen LogP contribution in [0, 0.1) is 5.92 Å². The highest BCUT2D eigenvalue weighted by atomic mass is 19.1. The lowest BCUT2D eigenvalue weighted by atomic mass is 9.90. The Bertz CT molecular complexity index is 969. The number of benzene rings is 2. The van der Waals surface area contributed by atoms with Gasteiger partial charge < -0.3 is 14.7 Å². The van der Waals surface area contributed by atoms with Gasteiger partial charge >= 0.3 is 5.97 Å². The molecule has 1 saturated heterocycles. The Hall–Kier alpha value is -2.50. The van der Waals surface area contributed by atoms with Crippen molar-refractivity contribution in [3.05, 3.63) is 76.4 Å². The minimum absolute atomic E-state index is 0.190. The molecule has 0 amide bonds. The molecule has 0 saturated carbocycles. The highest BCUT2D eigenvalue weighted by molar-refractivity contribution is 5.91. The summed E-state index contributed by atoms with van der Waals surface area (Å²) in [5.74, 6) is -0.119. The number of methoxy groups -OCH3 is 1. The predicted molar refractivity (Wildman–Crippen MR) is 124 cm³/mol. The fourth-order valence-corrected chi connectivity index (χ4v) is 4.97. The number of hydrogen-bond acceptors (Lipinski definition) is 4. The SMILES string of the molecule is COC(=O)c1ccc2c(c1)CCCC=C2c1ccc(C(O)C2CCN(CCCF)C2)cc1. The van der Waals surface area contributed by atoms with Gasteiger partial charge in [-0.3, -0.25) is 4.39 Å². The Kier molecular flexibility index (Phi) is 7.38. The molecule has 2 atom stereocenters. The van der Waals surface area contributed by atoms with E-state index >= 15 is 0 Å². The molecule has 32 heavy (non-hydrogen) atoms. The molecular weight excluding hydrogens is 405 g/mol. The van der Waals surface area contributed by atoms with Gasteiger partial charge in [0.1, 0.15) is 0 Å². The van der Waals surface area contributed by atoms with Crippen LogP contribution in [0.25, 0.3) is 5.57 Å². The largest absolute Gasteiger partial charge is 0.465 e. The van der Waals surface area contributed by atoms with Crippen LogP contribution in [-0.2, 0) is 11.2 Å². The summed E-state index contributed by atoms with van der Waals surface area (Å²) < 4.78 is 17.3. The molecule has 2 aromatic carbocycles. The second-order valence-corrected chi connectivity index (χ2v) is 8.83. The molecule has 4 rings (SSSR count). The lowest BCUT2D eigenvalue weighted by Crippen LogP contribution is -2.24. The number of rotatable bonds is 7. The number of aliphatic hydroxyl groups is 1. The van der Waals surface area contributed by atoms with E-state index in [1.54, 1.807) is 0 Å². The van der Waals surface area contributed by atoms with Crippen LogP contribution in [0.2, 0.25) is 0 Å². The van der Waals surface area contributed by atoms with Gasteiger partial charge in [0, 0.05) is 19.0 Å². The number of ether oxygens (including phenoxy) is 1. The number of halogens is 1. The molecule has 170 valence electrons. The normalized spacial score (nSPS) is 19.7. The topological polar surface area (TPSA) is 49.8 Å². The van der Waals surface area contributed by atoms with Gasteiger partial charge in [0.25, 0.3) is 0 Å². The van der Waals surface area contributed by atoms with Crippen molar-refractivity contribution >= 4 is 11.5 Å². The van der Waals surface area contributed by atoms with E-state index in [0.717, 1.165) is 62.0 Å². The van der Waals surface area contributed by atoms with E-state index in [0.29, 0.717) is 12.0 Å². The molecule has 1 aliphatic heterocycles. The van der Waals surface area contributed by atoms with Crippen LogP contribution in [0.5, 0.6) is 0 Å². The summed E-state index contributed by atoms with van der Waals surface area (Å²) in [5, 5.41) is 10.9.